The van der Waals surface area contributed by atoms with Crippen molar-refractivity contribution in [2.24, 2.45) is 0 Å². The van der Waals surface area contributed by atoms with Gasteiger partial charge in [0.05, 0.1) is 11.4 Å². The van der Waals surface area contributed by atoms with Gasteiger partial charge in [-0.2, -0.15) is 0 Å². The zero-order valence-electron chi connectivity index (χ0n) is 18.4. The number of carbonyl (C=O) groups is 1. The Labute approximate surface area is 207 Å². The van der Waals surface area contributed by atoms with Crippen molar-refractivity contribution < 1.29 is 4.79 Å². The van der Waals surface area contributed by atoms with E-state index in [0.717, 1.165) is 21.3 Å². The Morgan fingerprint density at radius 1 is 1.06 bits per heavy atom. The lowest BCUT2D eigenvalue weighted by Crippen LogP contribution is -2.23. The van der Waals surface area contributed by atoms with E-state index in [1.165, 1.54) is 17.8 Å². The first-order valence-electron chi connectivity index (χ1n) is 10.3. The van der Waals surface area contributed by atoms with E-state index in [1.807, 2.05) is 60.9 Å². The van der Waals surface area contributed by atoms with E-state index in [4.69, 9.17) is 0 Å². The first-order valence-corrected chi connectivity index (χ1v) is 12.1. The van der Waals surface area contributed by atoms with Crippen LogP contribution in [0.4, 0.5) is 5.69 Å². The summed E-state index contributed by atoms with van der Waals surface area (Å²) in [5, 5.41) is 12.0. The molecule has 0 saturated carbocycles. The van der Waals surface area contributed by atoms with Gasteiger partial charge in [-0.1, -0.05) is 39.8 Å². The van der Waals surface area contributed by atoms with Gasteiger partial charge < -0.3 is 10.3 Å². The summed E-state index contributed by atoms with van der Waals surface area (Å²) in [4.78, 5) is 40.8. The van der Waals surface area contributed by atoms with Crippen LogP contribution in [0.1, 0.15) is 22.6 Å². The number of benzene rings is 2. The number of nitrogens with one attached hydrogen (secondary N) is 3. The number of hydrogen-bond acceptors (Lipinski definition) is 6. The molecule has 0 aliphatic heterocycles. The molecule has 0 aliphatic carbocycles. The molecule has 34 heavy (non-hydrogen) atoms. The van der Waals surface area contributed by atoms with Gasteiger partial charge in [0.2, 0.25) is 5.91 Å². The van der Waals surface area contributed by atoms with Crippen molar-refractivity contribution in [2.75, 3.05) is 11.1 Å². The van der Waals surface area contributed by atoms with Gasteiger partial charge in [-0.25, -0.2) is 4.79 Å². The summed E-state index contributed by atoms with van der Waals surface area (Å²) in [6.45, 7) is 3.96. The zero-order chi connectivity index (χ0) is 24.2. The molecule has 4 aromatic rings. The highest BCUT2D eigenvalue weighted by Gasteiger charge is 2.18. The van der Waals surface area contributed by atoms with Crippen molar-refractivity contribution in [3.63, 3.8) is 0 Å². The molecule has 4 rings (SSSR count). The van der Waals surface area contributed by atoms with E-state index in [-0.39, 0.29) is 18.1 Å². The van der Waals surface area contributed by atoms with E-state index in [1.54, 1.807) is 0 Å². The third kappa shape index (κ3) is 5.72. The number of hydrogen-bond donors (Lipinski definition) is 3. The van der Waals surface area contributed by atoms with Crippen LogP contribution in [-0.4, -0.2) is 36.4 Å². The lowest BCUT2D eigenvalue weighted by molar-refractivity contribution is -0.113. The zero-order valence-corrected chi connectivity index (χ0v) is 20.8. The summed E-state index contributed by atoms with van der Waals surface area (Å²) in [5.74, 6) is 0.482. The molecule has 3 N–H and O–H groups in total. The van der Waals surface area contributed by atoms with Crippen LogP contribution in [0.15, 0.2) is 67.7 Å². The number of aromatic amines is 2. The quantitative estimate of drug-likeness (QED) is 0.308. The van der Waals surface area contributed by atoms with Crippen molar-refractivity contribution in [3.05, 3.63) is 96.5 Å². The number of carbonyl (C=O) groups excluding carboxylic acids is 1. The minimum atomic E-state index is -0.584. The average molecular weight is 541 g/mol. The van der Waals surface area contributed by atoms with E-state index in [9.17, 15) is 14.4 Å². The van der Waals surface area contributed by atoms with E-state index < -0.39 is 11.2 Å². The third-order valence-corrected chi connectivity index (χ3v) is 6.39. The Kier molecular flexibility index (Phi) is 7.13. The van der Waals surface area contributed by atoms with Crippen LogP contribution in [0.2, 0.25) is 0 Å². The van der Waals surface area contributed by atoms with Gasteiger partial charge in [0.1, 0.15) is 5.82 Å². The largest absolute Gasteiger partial charge is 0.325 e. The van der Waals surface area contributed by atoms with Crippen LogP contribution in [0.3, 0.4) is 0 Å². The second-order valence-electron chi connectivity index (χ2n) is 7.66. The Hall–Kier alpha value is -3.44. The summed E-state index contributed by atoms with van der Waals surface area (Å²) >= 11 is 4.63. The topological polar surface area (TPSA) is 126 Å². The molecule has 0 atom stereocenters. The minimum absolute atomic E-state index is 0.126. The van der Waals surface area contributed by atoms with Crippen LogP contribution in [0, 0.1) is 13.8 Å². The second-order valence-corrected chi connectivity index (χ2v) is 9.52. The fourth-order valence-electron chi connectivity index (χ4n) is 3.36. The molecule has 0 saturated heterocycles. The minimum Gasteiger partial charge on any atom is -0.325 e. The number of anilines is 1. The molecule has 11 heteroatoms. The Bertz CT molecular complexity index is 1430. The second kappa shape index (κ2) is 10.2. The summed E-state index contributed by atoms with van der Waals surface area (Å²) in [5.41, 5.74) is 2.94. The van der Waals surface area contributed by atoms with Gasteiger partial charge >= 0.3 is 5.69 Å². The molecule has 0 bridgehead atoms. The normalized spacial score (nSPS) is 10.9. The maximum absolute atomic E-state index is 12.5. The number of amides is 1. The first kappa shape index (κ1) is 23.7. The van der Waals surface area contributed by atoms with Crippen molar-refractivity contribution in [1.82, 2.24) is 24.7 Å². The molecular weight excluding hydrogens is 520 g/mol. The molecule has 174 valence electrons. The van der Waals surface area contributed by atoms with Crippen molar-refractivity contribution >= 4 is 39.3 Å². The molecule has 0 radical (unpaired) electrons. The number of rotatable bonds is 7. The number of H-pyrrole nitrogens is 2. The lowest BCUT2D eigenvalue weighted by atomic mass is 10.1. The van der Waals surface area contributed by atoms with E-state index in [2.05, 4.69) is 41.4 Å². The van der Waals surface area contributed by atoms with E-state index >= 15 is 0 Å². The van der Waals surface area contributed by atoms with Crippen molar-refractivity contribution in [1.29, 1.82) is 0 Å². The molecule has 9 nitrogen and oxygen atoms in total. The average Bonchev–Trinajstić information content (AvgIpc) is 3.17. The molecule has 0 unspecified atom stereocenters. The number of aryl methyl sites for hydroxylation is 2. The molecule has 2 aromatic carbocycles. The summed E-state index contributed by atoms with van der Waals surface area (Å²) in [7, 11) is 0. The number of halogens is 1. The predicted molar refractivity (Wildman–Crippen MR) is 135 cm³/mol. The first-order chi connectivity index (χ1) is 16.3. The summed E-state index contributed by atoms with van der Waals surface area (Å²) in [6, 6.07) is 14.7. The highest BCUT2D eigenvalue weighted by Crippen LogP contribution is 2.26. The highest BCUT2D eigenvalue weighted by molar-refractivity contribution is 9.10. The fourth-order valence-corrected chi connectivity index (χ4v) is 4.38. The monoisotopic (exact) mass is 540 g/mol. The maximum Gasteiger partial charge on any atom is 0.325 e. The molecule has 2 heterocycles. The van der Waals surface area contributed by atoms with Gasteiger partial charge in [-0.15, -0.1) is 10.2 Å². The van der Waals surface area contributed by atoms with Crippen molar-refractivity contribution in [3.8, 4) is 5.69 Å². The standard InChI is InChI=1S/C23H21BrN6O3S/c1-13-3-4-14(2)18(9-13)30-19(10-17-11-20(31)27-22(33)26-17)28-29-23(30)34-12-21(32)25-16-7-5-15(24)6-8-16/h3-9,11H,10,12H2,1-2H3,(H,25,32)(H2,26,27,31,33). The molecular formula is C23H21BrN6O3S. The van der Waals surface area contributed by atoms with Crippen LogP contribution < -0.4 is 16.6 Å². The molecule has 1 amide bonds. The smallest absolute Gasteiger partial charge is 0.325 e. The fraction of sp³-hybridized carbons (Fsp3) is 0.174. The van der Waals surface area contributed by atoms with Crippen LogP contribution >= 0.6 is 27.7 Å². The van der Waals surface area contributed by atoms with Gasteiger partial charge in [-0.05, 0) is 55.3 Å². The third-order valence-electron chi connectivity index (χ3n) is 4.93. The summed E-state index contributed by atoms with van der Waals surface area (Å²) < 4.78 is 2.79. The van der Waals surface area contributed by atoms with Crippen molar-refractivity contribution in [2.45, 2.75) is 25.4 Å². The Morgan fingerprint density at radius 3 is 2.56 bits per heavy atom. The predicted octanol–water partition coefficient (Wildman–Crippen LogP) is 3.34. The highest BCUT2D eigenvalue weighted by atomic mass is 79.9. The molecule has 0 aliphatic rings. The number of aromatic nitrogens is 5. The van der Waals surface area contributed by atoms with Crippen LogP contribution in [-0.2, 0) is 11.2 Å². The van der Waals surface area contributed by atoms with Gasteiger partial charge in [0.15, 0.2) is 5.16 Å². The Morgan fingerprint density at radius 2 is 1.82 bits per heavy atom. The molecule has 0 fully saturated rings. The number of thioether (sulfide) groups is 1. The van der Waals surface area contributed by atoms with Crippen LogP contribution in [0.5, 0.6) is 0 Å². The lowest BCUT2D eigenvalue weighted by Gasteiger charge is -2.14. The molecule has 2 aromatic heterocycles. The molecule has 0 spiro atoms. The Balaban J connectivity index is 1.63. The summed E-state index contributed by atoms with van der Waals surface area (Å²) in [6.07, 6.45) is 0.186. The van der Waals surface area contributed by atoms with Gasteiger partial charge in [0.25, 0.3) is 5.56 Å². The number of nitrogens with zero attached hydrogens (tertiary/aromatic N) is 3. The van der Waals surface area contributed by atoms with Crippen LogP contribution in [0.25, 0.3) is 5.69 Å². The SMILES string of the molecule is Cc1ccc(C)c(-n2c(Cc3cc(=O)[nH]c(=O)[nH]3)nnc2SCC(=O)Nc2ccc(Br)cc2)c1. The van der Waals surface area contributed by atoms with Gasteiger partial charge in [-0.3, -0.25) is 19.1 Å². The van der Waals surface area contributed by atoms with Gasteiger partial charge in [0, 0.05) is 28.3 Å². The van der Waals surface area contributed by atoms with E-state index in [0.29, 0.717) is 22.4 Å². The maximum atomic E-state index is 12.5.